The van der Waals surface area contributed by atoms with Crippen molar-refractivity contribution < 1.29 is 4.74 Å². The lowest BCUT2D eigenvalue weighted by Gasteiger charge is -2.25. The van der Waals surface area contributed by atoms with Crippen molar-refractivity contribution >= 4 is 22.8 Å². The van der Waals surface area contributed by atoms with Gasteiger partial charge in [0.2, 0.25) is 0 Å². The quantitative estimate of drug-likeness (QED) is 0.468. The molecule has 2 aliphatic rings. The number of nitrogens with zero attached hydrogens (tertiary/aromatic N) is 2. The number of nitrogens with two attached hydrogens (primary N) is 1. The summed E-state index contributed by atoms with van der Waals surface area (Å²) in [6, 6.07) is 8.36. The van der Waals surface area contributed by atoms with Crippen LogP contribution < -0.4 is 21.7 Å². The number of aliphatic imine (C=N–C) groups is 2. The Kier molecular flexibility index (Phi) is 7.15. The minimum Gasteiger partial charge on any atom is -0.383 e. The predicted octanol–water partition coefficient (Wildman–Crippen LogP) is 1.36. The van der Waals surface area contributed by atoms with E-state index < -0.39 is 0 Å². The molecule has 0 radical (unpaired) electrons. The third-order valence-electron chi connectivity index (χ3n) is 4.31. The number of nitrogens with one attached hydrogen (secondary N) is 3. The summed E-state index contributed by atoms with van der Waals surface area (Å²) in [6.07, 6.45) is 5.75. The summed E-state index contributed by atoms with van der Waals surface area (Å²) in [7, 11) is 0. The average molecular weight is 368 g/mol. The summed E-state index contributed by atoms with van der Waals surface area (Å²) in [5.74, 6) is 0. The van der Waals surface area contributed by atoms with E-state index in [-0.39, 0.29) is 6.04 Å². The fourth-order valence-corrected chi connectivity index (χ4v) is 2.97. The molecule has 7 nitrogen and oxygen atoms in total. The Hall–Kier alpha value is -2.48. The van der Waals surface area contributed by atoms with E-state index in [4.69, 9.17) is 15.5 Å². The Bertz CT molecular complexity index is 735. The molecule has 27 heavy (non-hydrogen) atoms. The zero-order valence-corrected chi connectivity index (χ0v) is 15.7. The van der Waals surface area contributed by atoms with Crippen LogP contribution in [0, 0.1) is 0 Å². The summed E-state index contributed by atoms with van der Waals surface area (Å²) in [5, 5.41) is 10.0. The summed E-state index contributed by atoms with van der Waals surface area (Å²) in [4.78, 5) is 9.36. The van der Waals surface area contributed by atoms with Gasteiger partial charge in [-0.3, -0.25) is 4.99 Å². The first-order valence-corrected chi connectivity index (χ1v) is 9.43. The van der Waals surface area contributed by atoms with Gasteiger partial charge in [0.05, 0.1) is 29.8 Å². The molecule has 0 bridgehead atoms. The van der Waals surface area contributed by atoms with Crippen molar-refractivity contribution in [3.63, 3.8) is 0 Å². The molecule has 5 N–H and O–H groups in total. The molecule has 0 amide bonds. The van der Waals surface area contributed by atoms with Gasteiger partial charge in [-0.1, -0.05) is 12.1 Å². The first-order chi connectivity index (χ1) is 13.3. The lowest BCUT2D eigenvalue weighted by atomic mass is 9.98. The van der Waals surface area contributed by atoms with Crippen molar-refractivity contribution in [3.05, 3.63) is 48.3 Å². The van der Waals surface area contributed by atoms with Crippen molar-refractivity contribution in [2.45, 2.75) is 13.0 Å². The summed E-state index contributed by atoms with van der Waals surface area (Å²) < 4.78 is 5.35. The fraction of sp³-hybridized carbons (Fsp3) is 0.400. The molecule has 1 aromatic rings. The van der Waals surface area contributed by atoms with Crippen molar-refractivity contribution in [1.82, 2.24) is 10.6 Å². The topological polar surface area (TPSA) is 96.1 Å². The first kappa shape index (κ1) is 19.3. The first-order valence-electron chi connectivity index (χ1n) is 9.43. The second kappa shape index (κ2) is 10.0. The van der Waals surface area contributed by atoms with E-state index in [1.165, 1.54) is 0 Å². The highest BCUT2D eigenvalue weighted by atomic mass is 16.5. The highest BCUT2D eigenvalue weighted by Gasteiger charge is 2.25. The van der Waals surface area contributed by atoms with E-state index in [1.807, 2.05) is 13.1 Å². The van der Waals surface area contributed by atoms with E-state index in [9.17, 15) is 0 Å². The fourth-order valence-electron chi connectivity index (χ4n) is 2.97. The van der Waals surface area contributed by atoms with Gasteiger partial charge in [-0.2, -0.15) is 0 Å². The molecule has 144 valence electrons. The van der Waals surface area contributed by atoms with E-state index in [0.717, 1.165) is 48.1 Å². The Balaban J connectivity index is 1.71. The van der Waals surface area contributed by atoms with Crippen LogP contribution in [-0.4, -0.2) is 56.9 Å². The number of fused-ring (bicyclic) bond motifs is 1. The molecular formula is C20H28N6O. The standard InChI is InChI=1S/C20H28N6O/c1-2-27-12-11-23-16-5-3-15(4-6-16)17-13-18-20(25-10-9-24-18)19(26-17)14-22-8-7-21/h3-6,9-10,13,18,22-24H,2,7-8,11-12,14,21H2,1H3. The van der Waals surface area contributed by atoms with Crippen LogP contribution in [0.15, 0.2) is 52.7 Å². The van der Waals surface area contributed by atoms with Gasteiger partial charge >= 0.3 is 0 Å². The minimum absolute atomic E-state index is 0.0428. The van der Waals surface area contributed by atoms with Gasteiger partial charge in [-0.15, -0.1) is 0 Å². The van der Waals surface area contributed by atoms with Crippen molar-refractivity contribution in [2.24, 2.45) is 15.7 Å². The molecular weight excluding hydrogens is 340 g/mol. The highest BCUT2D eigenvalue weighted by Crippen LogP contribution is 2.23. The SMILES string of the molecule is CCOCCNc1ccc(C2=CC3NC=CN=C3C(CNCCN)=N2)cc1. The Labute approximate surface area is 160 Å². The second-order valence-electron chi connectivity index (χ2n) is 6.25. The molecule has 2 heterocycles. The molecule has 1 unspecified atom stereocenters. The predicted molar refractivity (Wildman–Crippen MR) is 112 cm³/mol. The Morgan fingerprint density at radius 2 is 2.07 bits per heavy atom. The molecule has 1 aromatic carbocycles. The third-order valence-corrected chi connectivity index (χ3v) is 4.31. The lowest BCUT2D eigenvalue weighted by molar-refractivity contribution is 0.158. The average Bonchev–Trinajstić information content (AvgIpc) is 2.72. The Morgan fingerprint density at radius 1 is 1.22 bits per heavy atom. The molecule has 7 heteroatoms. The molecule has 3 rings (SSSR count). The molecule has 0 aromatic heterocycles. The van der Waals surface area contributed by atoms with Gasteiger partial charge in [-0.05, 0) is 25.1 Å². The van der Waals surface area contributed by atoms with Gasteiger partial charge in [-0.25, -0.2) is 4.99 Å². The Morgan fingerprint density at radius 3 is 2.85 bits per heavy atom. The number of benzene rings is 1. The number of hydrogen-bond donors (Lipinski definition) is 4. The van der Waals surface area contributed by atoms with Crippen LogP contribution in [0.4, 0.5) is 5.69 Å². The van der Waals surface area contributed by atoms with Crippen molar-refractivity contribution in [2.75, 3.05) is 44.7 Å². The van der Waals surface area contributed by atoms with Crippen LogP contribution in [0.3, 0.4) is 0 Å². The van der Waals surface area contributed by atoms with Gasteiger partial charge in [0, 0.05) is 56.4 Å². The molecule has 0 saturated carbocycles. The van der Waals surface area contributed by atoms with Crippen molar-refractivity contribution in [1.29, 1.82) is 0 Å². The normalized spacial score (nSPS) is 18.1. The highest BCUT2D eigenvalue weighted by molar-refractivity contribution is 6.47. The van der Waals surface area contributed by atoms with Crippen molar-refractivity contribution in [3.8, 4) is 0 Å². The van der Waals surface area contributed by atoms with Crippen LogP contribution in [0.1, 0.15) is 12.5 Å². The van der Waals surface area contributed by atoms with E-state index in [1.54, 1.807) is 6.20 Å². The number of hydrogen-bond acceptors (Lipinski definition) is 7. The van der Waals surface area contributed by atoms with E-state index in [0.29, 0.717) is 19.7 Å². The maximum atomic E-state index is 5.58. The number of ether oxygens (including phenoxy) is 1. The van der Waals surface area contributed by atoms with Gasteiger partial charge in [0.25, 0.3) is 0 Å². The summed E-state index contributed by atoms with van der Waals surface area (Å²) in [5.41, 5.74) is 10.6. The van der Waals surface area contributed by atoms with E-state index >= 15 is 0 Å². The van der Waals surface area contributed by atoms with Crippen LogP contribution in [0.5, 0.6) is 0 Å². The van der Waals surface area contributed by atoms with Crippen LogP contribution >= 0.6 is 0 Å². The van der Waals surface area contributed by atoms with Gasteiger partial charge in [0.1, 0.15) is 0 Å². The molecule has 0 fully saturated rings. The van der Waals surface area contributed by atoms with Crippen LogP contribution in [-0.2, 0) is 4.74 Å². The van der Waals surface area contributed by atoms with E-state index in [2.05, 4.69) is 51.3 Å². The zero-order chi connectivity index (χ0) is 18.9. The van der Waals surface area contributed by atoms with Crippen LogP contribution in [0.2, 0.25) is 0 Å². The zero-order valence-electron chi connectivity index (χ0n) is 15.7. The minimum atomic E-state index is 0.0428. The van der Waals surface area contributed by atoms with Crippen LogP contribution in [0.25, 0.3) is 5.70 Å². The molecule has 0 aliphatic carbocycles. The lowest BCUT2D eigenvalue weighted by Crippen LogP contribution is -2.44. The van der Waals surface area contributed by atoms with Gasteiger partial charge in [0.15, 0.2) is 0 Å². The largest absolute Gasteiger partial charge is 0.383 e. The smallest absolute Gasteiger partial charge is 0.0909 e. The third kappa shape index (κ3) is 5.26. The molecule has 1 atom stereocenters. The molecule has 0 spiro atoms. The summed E-state index contributed by atoms with van der Waals surface area (Å²) >= 11 is 0. The molecule has 0 saturated heterocycles. The number of rotatable bonds is 10. The maximum Gasteiger partial charge on any atom is 0.0909 e. The summed E-state index contributed by atoms with van der Waals surface area (Å²) in [6.45, 7) is 6.24. The maximum absolute atomic E-state index is 5.58. The monoisotopic (exact) mass is 368 g/mol. The molecule has 2 aliphatic heterocycles. The number of anilines is 1. The van der Waals surface area contributed by atoms with Gasteiger partial charge < -0.3 is 26.4 Å². The second-order valence-corrected chi connectivity index (χ2v) is 6.25.